The van der Waals surface area contributed by atoms with E-state index in [1.165, 1.54) is 31.3 Å². The first-order valence-corrected chi connectivity index (χ1v) is 8.73. The van der Waals surface area contributed by atoms with Gasteiger partial charge in [-0.1, -0.05) is 75.4 Å². The molecular weight excluding hydrogens is 284 g/mol. The molecule has 22 heavy (non-hydrogen) atoms. The summed E-state index contributed by atoms with van der Waals surface area (Å²) >= 11 is 1.91. The smallest absolute Gasteiger partial charge is 0.0433 e. The molecule has 3 aromatic rings. The van der Waals surface area contributed by atoms with Crippen LogP contribution in [0.3, 0.4) is 0 Å². The SMILES string of the molecule is CC(C)C1(C)C=Cc2ccc3c(sc4ccccc43)c2C=C1. The lowest BCUT2D eigenvalue weighted by atomic mass is 9.79. The third-order valence-corrected chi connectivity index (χ3v) is 6.31. The van der Waals surface area contributed by atoms with Crippen LogP contribution < -0.4 is 0 Å². The van der Waals surface area contributed by atoms with Crippen LogP contribution in [0.4, 0.5) is 0 Å². The Kier molecular flexibility index (Phi) is 3.02. The predicted molar refractivity (Wildman–Crippen MR) is 100 cm³/mol. The first-order valence-electron chi connectivity index (χ1n) is 7.91. The number of rotatable bonds is 1. The summed E-state index contributed by atoms with van der Waals surface area (Å²) in [6.45, 7) is 6.90. The number of fused-ring (bicyclic) bond motifs is 5. The summed E-state index contributed by atoms with van der Waals surface area (Å²) in [6.07, 6.45) is 9.38. The number of hydrogen-bond donors (Lipinski definition) is 0. The highest BCUT2D eigenvalue weighted by atomic mass is 32.1. The highest BCUT2D eigenvalue weighted by Crippen LogP contribution is 2.41. The Hall–Kier alpha value is -1.86. The lowest BCUT2D eigenvalue weighted by Crippen LogP contribution is -2.16. The monoisotopic (exact) mass is 304 g/mol. The third kappa shape index (κ3) is 1.96. The number of benzene rings is 2. The Morgan fingerprint density at radius 1 is 0.909 bits per heavy atom. The molecule has 0 N–H and O–H groups in total. The van der Waals surface area contributed by atoms with Gasteiger partial charge in [0.15, 0.2) is 0 Å². The molecule has 1 heterocycles. The standard InChI is InChI=1S/C21H20S/c1-14(2)21(3)12-10-15-8-9-18-17-6-4-5-7-19(17)22-20(18)16(15)11-13-21/h4-14H,1-3H3. The van der Waals surface area contributed by atoms with Gasteiger partial charge >= 0.3 is 0 Å². The second-order valence-electron chi connectivity index (χ2n) is 6.73. The van der Waals surface area contributed by atoms with E-state index >= 15 is 0 Å². The molecule has 2 aromatic carbocycles. The van der Waals surface area contributed by atoms with E-state index in [1.54, 1.807) is 0 Å². The molecule has 0 saturated carbocycles. The molecule has 0 spiro atoms. The maximum Gasteiger partial charge on any atom is 0.0433 e. The first kappa shape index (κ1) is 13.8. The molecule has 0 nitrogen and oxygen atoms in total. The molecule has 0 aliphatic heterocycles. The van der Waals surface area contributed by atoms with E-state index in [1.807, 2.05) is 11.3 Å². The second kappa shape index (κ2) is 4.82. The Morgan fingerprint density at radius 2 is 1.68 bits per heavy atom. The zero-order valence-electron chi connectivity index (χ0n) is 13.3. The van der Waals surface area contributed by atoms with E-state index < -0.39 is 0 Å². The van der Waals surface area contributed by atoms with Crippen LogP contribution in [0, 0.1) is 11.3 Å². The van der Waals surface area contributed by atoms with Crippen molar-refractivity contribution in [3.63, 3.8) is 0 Å². The maximum absolute atomic E-state index is 2.38. The lowest BCUT2D eigenvalue weighted by Gasteiger charge is -2.26. The molecule has 1 aromatic heterocycles. The second-order valence-corrected chi connectivity index (χ2v) is 7.78. The summed E-state index contributed by atoms with van der Waals surface area (Å²) < 4.78 is 2.78. The molecule has 0 radical (unpaired) electrons. The van der Waals surface area contributed by atoms with Gasteiger partial charge in [0.05, 0.1) is 0 Å². The van der Waals surface area contributed by atoms with Crippen molar-refractivity contribution >= 4 is 43.7 Å². The average Bonchev–Trinajstić information content (AvgIpc) is 2.79. The highest BCUT2D eigenvalue weighted by molar-refractivity contribution is 7.26. The van der Waals surface area contributed by atoms with Crippen LogP contribution in [0.1, 0.15) is 31.9 Å². The van der Waals surface area contributed by atoms with Crippen molar-refractivity contribution in [2.24, 2.45) is 11.3 Å². The molecule has 0 fully saturated rings. The molecule has 110 valence electrons. The van der Waals surface area contributed by atoms with Crippen molar-refractivity contribution in [1.82, 2.24) is 0 Å². The van der Waals surface area contributed by atoms with Crippen LogP contribution in [-0.2, 0) is 0 Å². The molecule has 4 rings (SSSR count). The summed E-state index contributed by atoms with van der Waals surface area (Å²) in [4.78, 5) is 0. The van der Waals surface area contributed by atoms with Crippen LogP contribution in [0.25, 0.3) is 32.3 Å². The third-order valence-electron chi connectivity index (χ3n) is 5.09. The van der Waals surface area contributed by atoms with Crippen molar-refractivity contribution in [2.75, 3.05) is 0 Å². The minimum absolute atomic E-state index is 0.127. The predicted octanol–water partition coefficient (Wildman–Crippen LogP) is 6.76. The van der Waals surface area contributed by atoms with Crippen molar-refractivity contribution in [1.29, 1.82) is 0 Å². The van der Waals surface area contributed by atoms with Gasteiger partial charge in [-0.05, 0) is 23.1 Å². The largest absolute Gasteiger partial charge is 0.135 e. The van der Waals surface area contributed by atoms with Gasteiger partial charge in [-0.15, -0.1) is 11.3 Å². The van der Waals surface area contributed by atoms with Gasteiger partial charge in [0.2, 0.25) is 0 Å². The molecule has 0 saturated heterocycles. The van der Waals surface area contributed by atoms with Crippen LogP contribution in [-0.4, -0.2) is 0 Å². The molecule has 1 aliphatic rings. The molecule has 1 unspecified atom stereocenters. The van der Waals surface area contributed by atoms with Gasteiger partial charge < -0.3 is 0 Å². The minimum Gasteiger partial charge on any atom is -0.135 e. The molecular formula is C21H20S. The summed E-state index contributed by atoms with van der Waals surface area (Å²) in [5.41, 5.74) is 2.83. The summed E-state index contributed by atoms with van der Waals surface area (Å²) in [5, 5.41) is 2.75. The zero-order valence-corrected chi connectivity index (χ0v) is 14.1. The Labute approximate surface area is 135 Å². The molecule has 1 heteroatoms. The van der Waals surface area contributed by atoms with E-state index in [0.717, 1.165) is 0 Å². The fraction of sp³-hybridized carbons (Fsp3) is 0.238. The number of hydrogen-bond acceptors (Lipinski definition) is 1. The molecule has 0 bridgehead atoms. The van der Waals surface area contributed by atoms with Gasteiger partial charge in [0, 0.05) is 25.6 Å². The molecule has 1 atom stereocenters. The van der Waals surface area contributed by atoms with Crippen molar-refractivity contribution in [3.05, 3.63) is 59.7 Å². The van der Waals surface area contributed by atoms with Crippen LogP contribution in [0.5, 0.6) is 0 Å². The lowest BCUT2D eigenvalue weighted by molar-refractivity contribution is 0.387. The van der Waals surface area contributed by atoms with Crippen LogP contribution >= 0.6 is 11.3 Å². The minimum atomic E-state index is 0.127. The van der Waals surface area contributed by atoms with E-state index in [0.29, 0.717) is 5.92 Å². The number of thiophene rings is 1. The fourth-order valence-corrected chi connectivity index (χ4v) is 4.35. The summed E-state index contributed by atoms with van der Waals surface area (Å²) in [6, 6.07) is 13.3. The van der Waals surface area contributed by atoms with Crippen molar-refractivity contribution in [2.45, 2.75) is 20.8 Å². The molecule has 0 amide bonds. The Morgan fingerprint density at radius 3 is 2.50 bits per heavy atom. The van der Waals surface area contributed by atoms with Crippen molar-refractivity contribution < 1.29 is 0 Å². The average molecular weight is 304 g/mol. The molecule has 1 aliphatic carbocycles. The van der Waals surface area contributed by atoms with Crippen LogP contribution in [0.15, 0.2) is 48.6 Å². The quantitative estimate of drug-likeness (QED) is 0.466. The van der Waals surface area contributed by atoms with Gasteiger partial charge in [0.1, 0.15) is 0 Å². The van der Waals surface area contributed by atoms with E-state index in [-0.39, 0.29) is 5.41 Å². The van der Waals surface area contributed by atoms with Gasteiger partial charge in [0.25, 0.3) is 0 Å². The van der Waals surface area contributed by atoms with E-state index in [9.17, 15) is 0 Å². The maximum atomic E-state index is 2.38. The topological polar surface area (TPSA) is 0 Å². The van der Waals surface area contributed by atoms with E-state index in [4.69, 9.17) is 0 Å². The summed E-state index contributed by atoms with van der Waals surface area (Å²) in [7, 11) is 0. The Balaban J connectivity index is 2.01. The van der Waals surface area contributed by atoms with Crippen molar-refractivity contribution in [3.8, 4) is 0 Å². The van der Waals surface area contributed by atoms with Gasteiger partial charge in [-0.2, -0.15) is 0 Å². The van der Waals surface area contributed by atoms with Gasteiger partial charge in [-0.3, -0.25) is 0 Å². The highest BCUT2D eigenvalue weighted by Gasteiger charge is 2.24. The van der Waals surface area contributed by atoms with E-state index in [2.05, 4.69) is 81.5 Å². The fourth-order valence-electron chi connectivity index (χ4n) is 3.11. The van der Waals surface area contributed by atoms with Crippen LogP contribution in [0.2, 0.25) is 0 Å². The number of allylic oxidation sites excluding steroid dienone is 2. The summed E-state index contributed by atoms with van der Waals surface area (Å²) in [5.74, 6) is 0.590. The zero-order chi connectivity index (χ0) is 15.3. The van der Waals surface area contributed by atoms with Gasteiger partial charge in [-0.25, -0.2) is 0 Å². The first-order chi connectivity index (χ1) is 10.6. The Bertz CT molecular complexity index is 924. The normalized spacial score (nSPS) is 20.7.